The normalized spacial score (nSPS) is 10.8. The van der Waals surface area contributed by atoms with Gasteiger partial charge in [-0.05, 0) is 54.6 Å². The van der Waals surface area contributed by atoms with Crippen molar-refractivity contribution in [3.8, 4) is 17.2 Å². The Balaban J connectivity index is 1.52. The SMILES string of the molecule is COc1cc(OC)c(OC)cc1/C=C(/NC(=O)c1ccccc1)C(=O)Nc1cccc(SCC(=O)Nc2ccc([N+](=O)[O-])cc2)c1. The molecule has 0 saturated heterocycles. The molecule has 0 spiro atoms. The average molecular weight is 643 g/mol. The predicted octanol–water partition coefficient (Wildman–Crippen LogP) is 5.76. The third kappa shape index (κ3) is 8.86. The highest BCUT2D eigenvalue weighted by atomic mass is 32.2. The Morgan fingerprint density at radius 1 is 0.783 bits per heavy atom. The van der Waals surface area contributed by atoms with Crippen molar-refractivity contribution >= 4 is 52.6 Å². The molecule has 0 bridgehead atoms. The van der Waals surface area contributed by atoms with Crippen LogP contribution < -0.4 is 30.2 Å². The van der Waals surface area contributed by atoms with Gasteiger partial charge in [-0.3, -0.25) is 24.5 Å². The van der Waals surface area contributed by atoms with Gasteiger partial charge in [-0.1, -0.05) is 24.3 Å². The molecule has 12 nitrogen and oxygen atoms in total. The lowest BCUT2D eigenvalue weighted by Gasteiger charge is -2.15. The van der Waals surface area contributed by atoms with Crippen LogP contribution in [-0.4, -0.2) is 49.7 Å². The highest BCUT2D eigenvalue weighted by molar-refractivity contribution is 8.00. The smallest absolute Gasteiger partial charge is 0.272 e. The first-order chi connectivity index (χ1) is 22.2. The number of anilines is 2. The Kier molecular flexibility index (Phi) is 11.3. The third-order valence-electron chi connectivity index (χ3n) is 6.39. The summed E-state index contributed by atoms with van der Waals surface area (Å²) < 4.78 is 16.3. The van der Waals surface area contributed by atoms with Gasteiger partial charge in [-0.15, -0.1) is 11.8 Å². The van der Waals surface area contributed by atoms with Crippen LogP contribution in [0.5, 0.6) is 17.2 Å². The van der Waals surface area contributed by atoms with E-state index in [2.05, 4.69) is 16.0 Å². The number of nitrogens with one attached hydrogen (secondary N) is 3. The second kappa shape index (κ2) is 15.8. The molecule has 0 aliphatic carbocycles. The average Bonchev–Trinajstić information content (AvgIpc) is 3.07. The molecule has 4 aromatic rings. The predicted molar refractivity (Wildman–Crippen MR) is 176 cm³/mol. The summed E-state index contributed by atoms with van der Waals surface area (Å²) in [6.45, 7) is 0. The monoisotopic (exact) mass is 642 g/mol. The van der Waals surface area contributed by atoms with Crippen molar-refractivity contribution in [1.29, 1.82) is 0 Å². The molecule has 4 aromatic carbocycles. The number of methoxy groups -OCH3 is 3. The molecule has 3 amide bonds. The Morgan fingerprint density at radius 2 is 1.46 bits per heavy atom. The van der Waals surface area contributed by atoms with E-state index in [1.807, 2.05) is 0 Å². The van der Waals surface area contributed by atoms with E-state index < -0.39 is 16.7 Å². The number of hydrogen-bond acceptors (Lipinski definition) is 9. The number of amides is 3. The van der Waals surface area contributed by atoms with Crippen LogP contribution in [0.25, 0.3) is 6.08 Å². The molecule has 0 atom stereocenters. The van der Waals surface area contributed by atoms with Crippen molar-refractivity contribution in [2.75, 3.05) is 37.7 Å². The molecule has 236 valence electrons. The summed E-state index contributed by atoms with van der Waals surface area (Å²) in [7, 11) is 4.44. The molecular weight excluding hydrogens is 612 g/mol. The Labute approximate surface area is 268 Å². The summed E-state index contributed by atoms with van der Waals surface area (Å²) in [5.41, 5.74) is 1.50. The minimum atomic E-state index is -0.612. The van der Waals surface area contributed by atoms with Gasteiger partial charge < -0.3 is 30.2 Å². The second-order valence-corrected chi connectivity index (χ2v) is 10.5. The standard InChI is InChI=1S/C33H30N4O8S/c1-43-28-19-30(45-3)29(44-2)17-22(28)16-27(36-32(39)21-8-5-4-6-9-21)33(40)35-24-10-7-11-26(18-24)46-20-31(38)34-23-12-14-25(15-13-23)37(41)42/h4-19H,20H2,1-3H3,(H,34,38)(H,35,40)(H,36,39)/b27-16+. The van der Waals surface area contributed by atoms with Gasteiger partial charge in [0, 0.05) is 45.6 Å². The molecule has 0 heterocycles. The molecular formula is C33H30N4O8S. The van der Waals surface area contributed by atoms with Crippen molar-refractivity contribution in [2.45, 2.75) is 4.90 Å². The summed E-state index contributed by atoms with van der Waals surface area (Å²) in [5, 5.41) is 19.0. The number of ether oxygens (including phenoxy) is 3. The van der Waals surface area contributed by atoms with Gasteiger partial charge in [0.1, 0.15) is 11.4 Å². The first-order valence-corrected chi connectivity index (χ1v) is 14.7. The second-order valence-electron chi connectivity index (χ2n) is 9.45. The van der Waals surface area contributed by atoms with Gasteiger partial charge in [0.25, 0.3) is 17.5 Å². The molecule has 0 unspecified atom stereocenters. The maximum absolute atomic E-state index is 13.6. The van der Waals surface area contributed by atoms with E-state index >= 15 is 0 Å². The van der Waals surface area contributed by atoms with Crippen LogP contribution in [-0.2, 0) is 9.59 Å². The zero-order valence-corrected chi connectivity index (χ0v) is 25.9. The van der Waals surface area contributed by atoms with Crippen LogP contribution in [0.15, 0.2) is 102 Å². The van der Waals surface area contributed by atoms with Crippen molar-refractivity contribution < 1.29 is 33.5 Å². The summed E-state index contributed by atoms with van der Waals surface area (Å²) in [6, 6.07) is 24.1. The minimum Gasteiger partial charge on any atom is -0.496 e. The minimum absolute atomic E-state index is 0.0474. The van der Waals surface area contributed by atoms with E-state index in [4.69, 9.17) is 14.2 Å². The molecule has 46 heavy (non-hydrogen) atoms. The van der Waals surface area contributed by atoms with Gasteiger partial charge >= 0.3 is 0 Å². The van der Waals surface area contributed by atoms with Crippen LogP contribution in [0.2, 0.25) is 0 Å². The summed E-state index contributed by atoms with van der Waals surface area (Å²) >= 11 is 1.23. The van der Waals surface area contributed by atoms with Crippen LogP contribution in [0.1, 0.15) is 15.9 Å². The molecule has 0 aromatic heterocycles. The van der Waals surface area contributed by atoms with Gasteiger partial charge in [-0.2, -0.15) is 0 Å². The summed E-state index contributed by atoms with van der Waals surface area (Å²) in [5.74, 6) is -0.180. The fourth-order valence-electron chi connectivity index (χ4n) is 4.14. The number of hydrogen-bond donors (Lipinski definition) is 3. The lowest BCUT2D eigenvalue weighted by atomic mass is 10.1. The number of carbonyl (C=O) groups excluding carboxylic acids is 3. The van der Waals surface area contributed by atoms with Gasteiger partial charge in [0.05, 0.1) is 32.0 Å². The lowest BCUT2D eigenvalue weighted by molar-refractivity contribution is -0.384. The molecule has 0 aliphatic rings. The zero-order chi connectivity index (χ0) is 33.1. The van der Waals surface area contributed by atoms with Gasteiger partial charge in [-0.25, -0.2) is 0 Å². The molecule has 3 N–H and O–H groups in total. The van der Waals surface area contributed by atoms with E-state index in [1.54, 1.807) is 66.7 Å². The molecule has 0 fully saturated rings. The van der Waals surface area contributed by atoms with Crippen molar-refractivity contribution in [3.63, 3.8) is 0 Å². The van der Waals surface area contributed by atoms with Gasteiger partial charge in [0.2, 0.25) is 5.91 Å². The Bertz CT molecular complexity index is 1760. The number of nitro benzene ring substituents is 1. The number of carbonyl (C=O) groups is 3. The number of benzene rings is 4. The van der Waals surface area contributed by atoms with Gasteiger partial charge in [0.15, 0.2) is 11.5 Å². The van der Waals surface area contributed by atoms with Crippen LogP contribution in [0, 0.1) is 10.1 Å². The highest BCUT2D eigenvalue weighted by Gasteiger charge is 2.18. The summed E-state index contributed by atoms with van der Waals surface area (Å²) in [4.78, 5) is 50.2. The van der Waals surface area contributed by atoms with Crippen molar-refractivity contribution in [3.05, 3.63) is 118 Å². The number of nitrogens with zero attached hydrogens (tertiary/aromatic N) is 1. The number of rotatable bonds is 13. The number of nitro groups is 1. The Morgan fingerprint density at radius 3 is 2.11 bits per heavy atom. The van der Waals surface area contributed by atoms with Crippen LogP contribution in [0.3, 0.4) is 0 Å². The van der Waals surface area contributed by atoms with Crippen LogP contribution in [0.4, 0.5) is 17.1 Å². The largest absolute Gasteiger partial charge is 0.496 e. The van der Waals surface area contributed by atoms with E-state index in [1.165, 1.54) is 63.4 Å². The Hall–Kier alpha value is -5.82. The van der Waals surface area contributed by atoms with Crippen molar-refractivity contribution in [1.82, 2.24) is 5.32 Å². The molecule has 13 heteroatoms. The third-order valence-corrected chi connectivity index (χ3v) is 7.38. The van der Waals surface area contributed by atoms with E-state index in [9.17, 15) is 24.5 Å². The number of thioether (sulfide) groups is 1. The number of non-ortho nitro benzene ring substituents is 1. The fourth-order valence-corrected chi connectivity index (χ4v) is 4.89. The highest BCUT2D eigenvalue weighted by Crippen LogP contribution is 2.35. The van der Waals surface area contributed by atoms with E-state index in [0.29, 0.717) is 44.6 Å². The molecule has 4 rings (SSSR count). The van der Waals surface area contributed by atoms with E-state index in [0.717, 1.165) is 0 Å². The first-order valence-electron chi connectivity index (χ1n) is 13.7. The molecule has 0 aliphatic heterocycles. The quantitative estimate of drug-likeness (QED) is 0.0713. The zero-order valence-electron chi connectivity index (χ0n) is 25.1. The maximum Gasteiger partial charge on any atom is 0.272 e. The topological polar surface area (TPSA) is 158 Å². The first kappa shape index (κ1) is 33.1. The maximum atomic E-state index is 13.6. The van der Waals surface area contributed by atoms with Crippen LogP contribution >= 0.6 is 11.8 Å². The van der Waals surface area contributed by atoms with Crippen molar-refractivity contribution in [2.24, 2.45) is 0 Å². The van der Waals surface area contributed by atoms with E-state index in [-0.39, 0.29) is 23.0 Å². The molecule has 0 saturated carbocycles. The summed E-state index contributed by atoms with van der Waals surface area (Å²) in [6.07, 6.45) is 1.47. The lowest BCUT2D eigenvalue weighted by Crippen LogP contribution is -2.30. The fraction of sp³-hybridized carbons (Fsp3) is 0.121. The molecule has 0 radical (unpaired) electrons.